The van der Waals surface area contributed by atoms with Gasteiger partial charge in [0.2, 0.25) is 11.8 Å². The summed E-state index contributed by atoms with van der Waals surface area (Å²) >= 11 is 0. The summed E-state index contributed by atoms with van der Waals surface area (Å²) in [6, 6.07) is 2.33. The second-order valence-electron chi connectivity index (χ2n) is 6.80. The molecule has 5 nitrogen and oxygen atoms in total. The number of morpholine rings is 1. The van der Waals surface area contributed by atoms with Gasteiger partial charge in [-0.2, -0.15) is 0 Å². The van der Waals surface area contributed by atoms with E-state index in [4.69, 9.17) is 4.74 Å². The van der Waals surface area contributed by atoms with Crippen LogP contribution >= 0.6 is 0 Å². The molecule has 1 unspecified atom stereocenters. The number of hydrogen-bond acceptors (Lipinski definition) is 3. The average molecular weight is 352 g/mol. The van der Waals surface area contributed by atoms with Gasteiger partial charge in [0.05, 0.1) is 31.2 Å². The third kappa shape index (κ3) is 3.66. The van der Waals surface area contributed by atoms with Crippen LogP contribution in [-0.4, -0.2) is 42.0 Å². The zero-order valence-electron chi connectivity index (χ0n) is 14.2. The van der Waals surface area contributed by atoms with Crippen molar-refractivity contribution in [3.8, 4) is 0 Å². The molecule has 1 aromatic carbocycles. The van der Waals surface area contributed by atoms with Crippen molar-refractivity contribution in [3.05, 3.63) is 35.4 Å². The summed E-state index contributed by atoms with van der Waals surface area (Å²) < 4.78 is 32.8. The number of halogens is 2. The van der Waals surface area contributed by atoms with E-state index in [9.17, 15) is 18.4 Å². The predicted octanol–water partition coefficient (Wildman–Crippen LogP) is 2.31. The molecule has 1 aliphatic heterocycles. The third-order valence-corrected chi connectivity index (χ3v) is 5.08. The van der Waals surface area contributed by atoms with Gasteiger partial charge in [0, 0.05) is 25.1 Å². The van der Waals surface area contributed by atoms with Crippen molar-refractivity contribution in [1.29, 1.82) is 0 Å². The standard InChI is InChI=1S/C18H22F2N2O3/c1-12(23)21-16(14-4-3-13(19)9-15(14)20)10-17(24)22-7-8-25-11-18(22)5-2-6-18/h3-4,9,16H,2,5-8,10-11H2,1H3,(H,21,23). The van der Waals surface area contributed by atoms with Crippen LogP contribution in [0.1, 0.15) is 44.2 Å². The van der Waals surface area contributed by atoms with E-state index in [-0.39, 0.29) is 29.3 Å². The highest BCUT2D eigenvalue weighted by Crippen LogP contribution is 2.40. The van der Waals surface area contributed by atoms with Crippen molar-refractivity contribution in [1.82, 2.24) is 10.2 Å². The van der Waals surface area contributed by atoms with Crippen molar-refractivity contribution in [2.75, 3.05) is 19.8 Å². The molecule has 2 fully saturated rings. The van der Waals surface area contributed by atoms with Crippen LogP contribution in [0.3, 0.4) is 0 Å². The van der Waals surface area contributed by atoms with Crippen LogP contribution in [0.2, 0.25) is 0 Å². The molecule has 1 N–H and O–H groups in total. The van der Waals surface area contributed by atoms with Crippen molar-refractivity contribution in [2.45, 2.75) is 44.2 Å². The molecule has 7 heteroatoms. The zero-order chi connectivity index (χ0) is 18.0. The molecule has 136 valence electrons. The Hall–Kier alpha value is -2.02. The number of benzene rings is 1. The van der Waals surface area contributed by atoms with Crippen LogP contribution in [0.25, 0.3) is 0 Å². The number of rotatable bonds is 4. The number of nitrogens with one attached hydrogen (secondary N) is 1. The maximum atomic E-state index is 14.1. The highest BCUT2D eigenvalue weighted by molar-refractivity contribution is 5.80. The maximum absolute atomic E-state index is 14.1. The van der Waals surface area contributed by atoms with Gasteiger partial charge in [0.25, 0.3) is 0 Å². The quantitative estimate of drug-likeness (QED) is 0.905. The highest BCUT2D eigenvalue weighted by Gasteiger charge is 2.47. The summed E-state index contributed by atoms with van der Waals surface area (Å²) in [5, 5.41) is 2.61. The topological polar surface area (TPSA) is 58.6 Å². The molecule has 0 radical (unpaired) electrons. The van der Waals surface area contributed by atoms with Gasteiger partial charge < -0.3 is 15.0 Å². The third-order valence-electron chi connectivity index (χ3n) is 5.08. The van der Waals surface area contributed by atoms with E-state index >= 15 is 0 Å². The van der Waals surface area contributed by atoms with Crippen LogP contribution in [0.5, 0.6) is 0 Å². The lowest BCUT2D eigenvalue weighted by Crippen LogP contribution is -2.63. The molecule has 1 aromatic rings. The summed E-state index contributed by atoms with van der Waals surface area (Å²) in [6.45, 7) is 2.80. The minimum absolute atomic E-state index is 0.0656. The Kier molecular flexibility index (Phi) is 5.03. The number of hydrogen-bond donors (Lipinski definition) is 1. The van der Waals surface area contributed by atoms with Crippen molar-refractivity contribution in [3.63, 3.8) is 0 Å². The molecule has 25 heavy (non-hydrogen) atoms. The van der Waals surface area contributed by atoms with Gasteiger partial charge in [0.1, 0.15) is 11.6 Å². The van der Waals surface area contributed by atoms with E-state index in [1.165, 1.54) is 13.0 Å². The number of ether oxygens (including phenoxy) is 1. The molecular formula is C18H22F2N2O3. The van der Waals surface area contributed by atoms with E-state index in [1.54, 1.807) is 0 Å². The monoisotopic (exact) mass is 352 g/mol. The maximum Gasteiger partial charge on any atom is 0.225 e. The smallest absolute Gasteiger partial charge is 0.225 e. The molecule has 1 saturated carbocycles. The molecule has 1 spiro atoms. The number of carbonyl (C=O) groups is 2. The Morgan fingerprint density at radius 1 is 1.36 bits per heavy atom. The van der Waals surface area contributed by atoms with Crippen LogP contribution in [-0.2, 0) is 14.3 Å². The zero-order valence-corrected chi connectivity index (χ0v) is 14.2. The SMILES string of the molecule is CC(=O)NC(CC(=O)N1CCOCC12CCC2)c1ccc(F)cc1F. The van der Waals surface area contributed by atoms with E-state index < -0.39 is 17.7 Å². The molecule has 0 bridgehead atoms. The summed E-state index contributed by atoms with van der Waals surface area (Å²) in [7, 11) is 0. The van der Waals surface area contributed by atoms with Crippen LogP contribution in [0.15, 0.2) is 18.2 Å². The first-order valence-corrected chi connectivity index (χ1v) is 8.51. The fourth-order valence-corrected chi connectivity index (χ4v) is 3.67. The van der Waals surface area contributed by atoms with Gasteiger partial charge in [-0.15, -0.1) is 0 Å². The second-order valence-corrected chi connectivity index (χ2v) is 6.80. The fourth-order valence-electron chi connectivity index (χ4n) is 3.67. The van der Waals surface area contributed by atoms with Gasteiger partial charge in [-0.3, -0.25) is 9.59 Å². The van der Waals surface area contributed by atoms with Crippen LogP contribution in [0.4, 0.5) is 8.78 Å². The molecular weight excluding hydrogens is 330 g/mol. The summed E-state index contributed by atoms with van der Waals surface area (Å²) in [5.41, 5.74) is -0.141. The van der Waals surface area contributed by atoms with E-state index in [0.29, 0.717) is 19.8 Å². The lowest BCUT2D eigenvalue weighted by molar-refractivity contribution is -0.159. The second kappa shape index (κ2) is 7.07. The van der Waals surface area contributed by atoms with Gasteiger partial charge in [-0.25, -0.2) is 8.78 Å². The molecule has 2 aliphatic rings. The molecule has 0 aromatic heterocycles. The van der Waals surface area contributed by atoms with Crippen molar-refractivity contribution >= 4 is 11.8 Å². The molecule has 1 atom stereocenters. The Bertz CT molecular complexity index is 676. The van der Waals surface area contributed by atoms with Crippen LogP contribution in [0, 0.1) is 11.6 Å². The molecule has 3 rings (SSSR count). The van der Waals surface area contributed by atoms with E-state index in [0.717, 1.165) is 31.4 Å². The largest absolute Gasteiger partial charge is 0.377 e. The first-order chi connectivity index (χ1) is 11.9. The summed E-state index contributed by atoms with van der Waals surface area (Å²) in [5.74, 6) is -1.99. The molecule has 1 aliphatic carbocycles. The van der Waals surface area contributed by atoms with Gasteiger partial charge in [0.15, 0.2) is 0 Å². The highest BCUT2D eigenvalue weighted by atomic mass is 19.1. The summed E-state index contributed by atoms with van der Waals surface area (Å²) in [4.78, 5) is 26.2. The lowest BCUT2D eigenvalue weighted by atomic mass is 9.75. The van der Waals surface area contributed by atoms with Crippen LogP contribution < -0.4 is 5.32 Å². The molecule has 2 amide bonds. The summed E-state index contributed by atoms with van der Waals surface area (Å²) in [6.07, 6.45) is 2.78. The Morgan fingerprint density at radius 2 is 2.12 bits per heavy atom. The van der Waals surface area contributed by atoms with E-state index in [2.05, 4.69) is 5.32 Å². The number of amides is 2. The first kappa shape index (κ1) is 17.8. The van der Waals surface area contributed by atoms with Gasteiger partial charge in [-0.1, -0.05) is 6.07 Å². The van der Waals surface area contributed by atoms with Gasteiger partial charge >= 0.3 is 0 Å². The van der Waals surface area contributed by atoms with E-state index in [1.807, 2.05) is 4.90 Å². The number of nitrogens with zero attached hydrogens (tertiary/aromatic N) is 1. The minimum Gasteiger partial charge on any atom is -0.377 e. The first-order valence-electron chi connectivity index (χ1n) is 8.51. The molecule has 1 heterocycles. The average Bonchev–Trinajstić information content (AvgIpc) is 2.52. The normalized spacial score (nSPS) is 20.0. The van der Waals surface area contributed by atoms with Crippen molar-refractivity contribution < 1.29 is 23.1 Å². The Balaban J connectivity index is 1.80. The predicted molar refractivity (Wildman–Crippen MR) is 86.6 cm³/mol. The van der Waals surface area contributed by atoms with Crippen molar-refractivity contribution in [2.24, 2.45) is 0 Å². The minimum atomic E-state index is -0.828. The fraction of sp³-hybridized carbons (Fsp3) is 0.556. The number of carbonyl (C=O) groups excluding carboxylic acids is 2. The lowest BCUT2D eigenvalue weighted by Gasteiger charge is -2.52. The Morgan fingerprint density at radius 3 is 2.72 bits per heavy atom. The molecule has 1 saturated heterocycles. The Labute approximate surface area is 145 Å². The van der Waals surface area contributed by atoms with Gasteiger partial charge in [-0.05, 0) is 25.3 Å².